The molecule has 0 unspecified atom stereocenters. The van der Waals surface area contributed by atoms with Crippen LogP contribution >= 0.6 is 0 Å². The molecule has 6 nitrogen and oxygen atoms in total. The van der Waals surface area contributed by atoms with E-state index in [-0.39, 0.29) is 6.54 Å². The third-order valence-corrected chi connectivity index (χ3v) is 3.66. The van der Waals surface area contributed by atoms with Gasteiger partial charge in [0, 0.05) is 23.4 Å². The molecule has 6 heteroatoms. The summed E-state index contributed by atoms with van der Waals surface area (Å²) in [6, 6.07) is 10.1. The van der Waals surface area contributed by atoms with Crippen LogP contribution in [0, 0.1) is 0 Å². The number of nitrogens with zero attached hydrogens (tertiary/aromatic N) is 4. The summed E-state index contributed by atoms with van der Waals surface area (Å²) in [7, 11) is 0. The van der Waals surface area contributed by atoms with Crippen molar-refractivity contribution in [3.63, 3.8) is 0 Å². The van der Waals surface area contributed by atoms with E-state index >= 15 is 0 Å². The van der Waals surface area contributed by atoms with Gasteiger partial charge in [-0.25, -0.2) is 4.68 Å². The number of hydrogen-bond acceptors (Lipinski definition) is 5. The molecule has 2 N–H and O–H groups in total. The molecule has 21 heavy (non-hydrogen) atoms. The van der Waals surface area contributed by atoms with Gasteiger partial charge in [-0.15, -0.1) is 0 Å². The lowest BCUT2D eigenvalue weighted by molar-refractivity contribution is 0.380. The van der Waals surface area contributed by atoms with Gasteiger partial charge in [0.15, 0.2) is 0 Å². The second kappa shape index (κ2) is 4.82. The summed E-state index contributed by atoms with van der Waals surface area (Å²) in [4.78, 5) is 4.26. The van der Waals surface area contributed by atoms with E-state index in [1.807, 2.05) is 35.1 Å². The second-order valence-electron chi connectivity index (χ2n) is 5.21. The lowest BCUT2D eigenvalue weighted by Gasteiger charge is -2.07. The molecule has 0 saturated heterocycles. The van der Waals surface area contributed by atoms with Crippen LogP contribution in [0.25, 0.3) is 17.1 Å². The molecule has 1 aromatic carbocycles. The lowest BCUT2D eigenvalue weighted by atomic mass is 10.2. The topological polar surface area (TPSA) is 82.8 Å². The first kappa shape index (κ1) is 12.3. The first-order chi connectivity index (χ1) is 10.3. The predicted molar refractivity (Wildman–Crippen MR) is 76.7 cm³/mol. The van der Waals surface area contributed by atoms with Crippen molar-refractivity contribution in [3.8, 4) is 17.1 Å². The zero-order valence-electron chi connectivity index (χ0n) is 11.4. The largest absolute Gasteiger partial charge is 0.338 e. The first-order valence-electron chi connectivity index (χ1n) is 7.02. The van der Waals surface area contributed by atoms with Crippen molar-refractivity contribution in [1.82, 2.24) is 19.9 Å². The van der Waals surface area contributed by atoms with Crippen molar-refractivity contribution < 1.29 is 4.52 Å². The standard InChI is InChI=1S/C15H15N5O/c16-9-14-18-15(19-21-14)11-2-1-3-12(8-11)20-13(6-7-17-20)10-4-5-10/h1-3,6-8,10H,4-5,9,16H2. The molecule has 4 rings (SSSR count). The molecule has 2 heterocycles. The summed E-state index contributed by atoms with van der Waals surface area (Å²) in [6.45, 7) is 0.248. The Kier molecular flexibility index (Phi) is 2.82. The number of benzene rings is 1. The third kappa shape index (κ3) is 2.23. The minimum absolute atomic E-state index is 0.248. The molecule has 1 aliphatic rings. The van der Waals surface area contributed by atoms with Crippen molar-refractivity contribution in [2.75, 3.05) is 0 Å². The zero-order valence-corrected chi connectivity index (χ0v) is 11.4. The maximum atomic E-state index is 5.50. The minimum atomic E-state index is 0.248. The predicted octanol–water partition coefficient (Wildman–Crippen LogP) is 2.26. The fraction of sp³-hybridized carbons (Fsp3) is 0.267. The van der Waals surface area contributed by atoms with Crippen LogP contribution in [-0.2, 0) is 6.54 Å². The van der Waals surface area contributed by atoms with Crippen LogP contribution in [0.4, 0.5) is 0 Å². The average molecular weight is 281 g/mol. The molecule has 0 bridgehead atoms. The van der Waals surface area contributed by atoms with E-state index in [0.29, 0.717) is 17.6 Å². The molecular formula is C15H15N5O. The van der Waals surface area contributed by atoms with Gasteiger partial charge >= 0.3 is 0 Å². The smallest absolute Gasteiger partial charge is 0.240 e. The van der Waals surface area contributed by atoms with Gasteiger partial charge < -0.3 is 10.3 Å². The normalized spacial score (nSPS) is 14.5. The summed E-state index contributed by atoms with van der Waals surface area (Å²) >= 11 is 0. The van der Waals surface area contributed by atoms with E-state index in [1.54, 1.807) is 0 Å². The Morgan fingerprint density at radius 1 is 1.29 bits per heavy atom. The Bertz CT molecular complexity index is 772. The van der Waals surface area contributed by atoms with E-state index < -0.39 is 0 Å². The highest BCUT2D eigenvalue weighted by atomic mass is 16.5. The molecule has 2 aromatic heterocycles. The van der Waals surface area contributed by atoms with Crippen molar-refractivity contribution in [3.05, 3.63) is 48.1 Å². The zero-order chi connectivity index (χ0) is 14.2. The van der Waals surface area contributed by atoms with Gasteiger partial charge in [-0.05, 0) is 31.0 Å². The molecule has 0 atom stereocenters. The van der Waals surface area contributed by atoms with Crippen LogP contribution < -0.4 is 5.73 Å². The van der Waals surface area contributed by atoms with Crippen LogP contribution in [0.5, 0.6) is 0 Å². The molecule has 0 amide bonds. The minimum Gasteiger partial charge on any atom is -0.338 e. The highest BCUT2D eigenvalue weighted by molar-refractivity contribution is 5.58. The molecule has 106 valence electrons. The van der Waals surface area contributed by atoms with Crippen LogP contribution in [0.15, 0.2) is 41.1 Å². The quantitative estimate of drug-likeness (QED) is 0.793. The van der Waals surface area contributed by atoms with Gasteiger partial charge in [-0.1, -0.05) is 17.3 Å². The molecule has 0 spiro atoms. The summed E-state index contributed by atoms with van der Waals surface area (Å²) in [6.07, 6.45) is 4.34. The van der Waals surface area contributed by atoms with E-state index in [2.05, 4.69) is 21.3 Å². The fourth-order valence-electron chi connectivity index (χ4n) is 2.45. The van der Waals surface area contributed by atoms with Crippen LogP contribution in [0.2, 0.25) is 0 Å². The van der Waals surface area contributed by atoms with E-state index in [9.17, 15) is 0 Å². The Morgan fingerprint density at radius 3 is 2.95 bits per heavy atom. The van der Waals surface area contributed by atoms with Gasteiger partial charge in [0.1, 0.15) is 0 Å². The second-order valence-corrected chi connectivity index (χ2v) is 5.21. The summed E-state index contributed by atoms with van der Waals surface area (Å²) in [5, 5.41) is 8.39. The SMILES string of the molecule is NCc1nc(-c2cccc(-n3nccc3C3CC3)c2)no1. The van der Waals surface area contributed by atoms with Crippen molar-refractivity contribution in [1.29, 1.82) is 0 Å². The average Bonchev–Trinajstić information content (AvgIpc) is 3.06. The van der Waals surface area contributed by atoms with Crippen LogP contribution in [-0.4, -0.2) is 19.9 Å². The summed E-state index contributed by atoms with van der Waals surface area (Å²) in [5.74, 6) is 1.63. The third-order valence-electron chi connectivity index (χ3n) is 3.66. The maximum absolute atomic E-state index is 5.50. The number of aromatic nitrogens is 4. The molecule has 0 aliphatic heterocycles. The number of rotatable bonds is 4. The fourth-order valence-corrected chi connectivity index (χ4v) is 2.45. The Morgan fingerprint density at radius 2 is 2.19 bits per heavy atom. The van der Waals surface area contributed by atoms with E-state index in [4.69, 9.17) is 10.3 Å². The Labute approximate surface area is 121 Å². The van der Waals surface area contributed by atoms with Gasteiger partial charge in [0.25, 0.3) is 0 Å². The molecule has 1 saturated carbocycles. The van der Waals surface area contributed by atoms with Crippen molar-refractivity contribution >= 4 is 0 Å². The molecule has 0 radical (unpaired) electrons. The number of hydrogen-bond donors (Lipinski definition) is 1. The maximum Gasteiger partial charge on any atom is 0.240 e. The van der Waals surface area contributed by atoms with Gasteiger partial charge in [-0.2, -0.15) is 10.1 Å². The summed E-state index contributed by atoms with van der Waals surface area (Å²) in [5.41, 5.74) is 8.67. The molecule has 1 aliphatic carbocycles. The lowest BCUT2D eigenvalue weighted by Crippen LogP contribution is -2.01. The van der Waals surface area contributed by atoms with Gasteiger partial charge in [0.2, 0.25) is 11.7 Å². The number of nitrogens with two attached hydrogens (primary N) is 1. The monoisotopic (exact) mass is 281 g/mol. The highest BCUT2D eigenvalue weighted by Gasteiger charge is 2.27. The van der Waals surface area contributed by atoms with Crippen LogP contribution in [0.3, 0.4) is 0 Å². The van der Waals surface area contributed by atoms with Gasteiger partial charge in [0.05, 0.1) is 12.2 Å². The van der Waals surface area contributed by atoms with E-state index in [0.717, 1.165) is 11.3 Å². The van der Waals surface area contributed by atoms with Crippen LogP contribution in [0.1, 0.15) is 30.3 Å². The Hall–Kier alpha value is -2.47. The van der Waals surface area contributed by atoms with E-state index in [1.165, 1.54) is 18.5 Å². The van der Waals surface area contributed by atoms with Crippen molar-refractivity contribution in [2.45, 2.75) is 25.3 Å². The summed E-state index contributed by atoms with van der Waals surface area (Å²) < 4.78 is 7.05. The highest BCUT2D eigenvalue weighted by Crippen LogP contribution is 2.40. The van der Waals surface area contributed by atoms with Gasteiger partial charge in [-0.3, -0.25) is 0 Å². The molecule has 1 fully saturated rings. The van der Waals surface area contributed by atoms with Crippen molar-refractivity contribution in [2.24, 2.45) is 5.73 Å². The Balaban J connectivity index is 1.73. The first-order valence-corrected chi connectivity index (χ1v) is 7.02. The molecule has 3 aromatic rings. The molecular weight excluding hydrogens is 266 g/mol.